The number of benzene rings is 2. The predicted octanol–water partition coefficient (Wildman–Crippen LogP) is 3.11. The Labute approximate surface area is 214 Å². The van der Waals surface area contributed by atoms with E-state index in [4.69, 9.17) is 9.47 Å². The van der Waals surface area contributed by atoms with Gasteiger partial charge in [0.2, 0.25) is 21.8 Å². The van der Waals surface area contributed by atoms with Crippen LogP contribution in [0.2, 0.25) is 0 Å². The zero-order valence-corrected chi connectivity index (χ0v) is 23.1. The lowest BCUT2D eigenvalue weighted by Gasteiger charge is -2.33. The average Bonchev–Trinajstić information content (AvgIpc) is 2.78. The van der Waals surface area contributed by atoms with E-state index in [9.17, 15) is 18.0 Å². The molecule has 0 bridgehead atoms. The van der Waals surface area contributed by atoms with Crippen molar-refractivity contribution in [3.05, 3.63) is 53.6 Å². The minimum Gasteiger partial charge on any atom is -0.497 e. The molecule has 1 unspecified atom stereocenters. The summed E-state index contributed by atoms with van der Waals surface area (Å²) in [7, 11) is -0.869. The molecule has 0 radical (unpaired) electrons. The first-order valence-corrected chi connectivity index (χ1v) is 13.4. The van der Waals surface area contributed by atoms with E-state index >= 15 is 0 Å². The van der Waals surface area contributed by atoms with E-state index in [2.05, 4.69) is 5.32 Å². The van der Waals surface area contributed by atoms with Crippen molar-refractivity contribution >= 4 is 27.5 Å². The van der Waals surface area contributed by atoms with Gasteiger partial charge in [0.25, 0.3) is 0 Å². The third-order valence-electron chi connectivity index (χ3n) is 5.46. The summed E-state index contributed by atoms with van der Waals surface area (Å²) >= 11 is 0. The molecule has 0 saturated heterocycles. The van der Waals surface area contributed by atoms with Crippen LogP contribution >= 0.6 is 0 Å². The molecule has 2 aromatic rings. The summed E-state index contributed by atoms with van der Waals surface area (Å²) in [4.78, 5) is 28.1. The Kier molecular flexibility index (Phi) is 9.37. The van der Waals surface area contributed by atoms with Crippen molar-refractivity contribution in [2.75, 3.05) is 31.3 Å². The predicted molar refractivity (Wildman–Crippen MR) is 141 cm³/mol. The van der Waals surface area contributed by atoms with Crippen molar-refractivity contribution in [2.24, 2.45) is 0 Å². The molecule has 0 saturated carbocycles. The zero-order valence-electron chi connectivity index (χ0n) is 22.3. The van der Waals surface area contributed by atoms with Gasteiger partial charge in [-0.2, -0.15) is 0 Å². The summed E-state index contributed by atoms with van der Waals surface area (Å²) in [6.45, 7) is 8.60. The van der Waals surface area contributed by atoms with Crippen molar-refractivity contribution in [3.8, 4) is 11.5 Å². The van der Waals surface area contributed by atoms with Crippen LogP contribution in [0.15, 0.2) is 42.5 Å². The number of carbonyl (C=O) groups excluding carboxylic acids is 2. The maximum atomic E-state index is 13.7. The van der Waals surface area contributed by atoms with Crippen molar-refractivity contribution in [1.29, 1.82) is 0 Å². The Morgan fingerprint density at radius 1 is 1.03 bits per heavy atom. The molecule has 0 fully saturated rings. The second-order valence-corrected chi connectivity index (χ2v) is 11.6. The first kappa shape index (κ1) is 29.0. The molecule has 1 N–H and O–H groups in total. The number of anilines is 1. The van der Waals surface area contributed by atoms with Gasteiger partial charge in [-0.25, -0.2) is 8.42 Å². The van der Waals surface area contributed by atoms with E-state index in [1.54, 1.807) is 56.5 Å². The largest absolute Gasteiger partial charge is 0.497 e. The lowest BCUT2D eigenvalue weighted by atomic mass is 10.1. The fourth-order valence-electron chi connectivity index (χ4n) is 3.57. The molecule has 1 atom stereocenters. The molecule has 10 heteroatoms. The maximum absolute atomic E-state index is 13.7. The minimum absolute atomic E-state index is 0.101. The summed E-state index contributed by atoms with van der Waals surface area (Å²) in [6, 6.07) is 11.4. The molecule has 0 spiro atoms. The zero-order chi connectivity index (χ0) is 27.3. The SMILES string of the molecule is COc1ccc(CN(C(=O)CN(c2cc(C)ccc2OC)S(C)(=O)=O)C(C)C(=O)NC(C)(C)C)cc1. The smallest absolute Gasteiger partial charge is 0.244 e. The molecule has 0 aromatic heterocycles. The van der Waals surface area contributed by atoms with Gasteiger partial charge in [-0.3, -0.25) is 13.9 Å². The van der Waals surface area contributed by atoms with Crippen molar-refractivity contribution in [2.45, 2.75) is 52.7 Å². The summed E-state index contributed by atoms with van der Waals surface area (Å²) in [5, 5.41) is 2.89. The number of carbonyl (C=O) groups is 2. The van der Waals surface area contributed by atoms with Gasteiger partial charge < -0.3 is 19.7 Å². The summed E-state index contributed by atoms with van der Waals surface area (Å²) in [5.74, 6) is 0.101. The Balaban J connectivity index is 2.47. The van der Waals surface area contributed by atoms with E-state index in [1.807, 2.05) is 27.7 Å². The Hall–Kier alpha value is -3.27. The van der Waals surface area contributed by atoms with E-state index in [0.29, 0.717) is 11.5 Å². The van der Waals surface area contributed by atoms with E-state index in [1.165, 1.54) is 12.0 Å². The molecule has 2 amide bonds. The maximum Gasteiger partial charge on any atom is 0.244 e. The first-order chi connectivity index (χ1) is 16.7. The van der Waals surface area contributed by atoms with Crippen LogP contribution in [0.25, 0.3) is 0 Å². The lowest BCUT2D eigenvalue weighted by molar-refractivity contribution is -0.140. The summed E-state index contributed by atoms with van der Waals surface area (Å²) < 4.78 is 37.2. The molecule has 0 aliphatic rings. The van der Waals surface area contributed by atoms with Crippen molar-refractivity contribution in [3.63, 3.8) is 0 Å². The average molecular weight is 520 g/mol. The van der Waals surface area contributed by atoms with Gasteiger partial charge in [0.05, 0.1) is 26.2 Å². The van der Waals surface area contributed by atoms with Gasteiger partial charge in [0, 0.05) is 12.1 Å². The number of methoxy groups -OCH3 is 2. The molecule has 9 nitrogen and oxygen atoms in total. The number of amides is 2. The highest BCUT2D eigenvalue weighted by Gasteiger charge is 2.32. The van der Waals surface area contributed by atoms with Gasteiger partial charge in [0.1, 0.15) is 24.1 Å². The number of hydrogen-bond acceptors (Lipinski definition) is 6. The van der Waals surface area contributed by atoms with Gasteiger partial charge in [-0.1, -0.05) is 18.2 Å². The fourth-order valence-corrected chi connectivity index (χ4v) is 4.42. The molecule has 2 rings (SSSR count). The van der Waals surface area contributed by atoms with E-state index < -0.39 is 34.1 Å². The Bertz CT molecular complexity index is 1170. The van der Waals surface area contributed by atoms with Crippen LogP contribution in [0.1, 0.15) is 38.8 Å². The molecular formula is C26H37N3O6S. The fraction of sp³-hybridized carbons (Fsp3) is 0.462. The lowest BCUT2D eigenvalue weighted by Crippen LogP contribution is -2.54. The summed E-state index contributed by atoms with van der Waals surface area (Å²) in [5.41, 5.74) is 1.32. The quantitative estimate of drug-likeness (QED) is 0.517. The number of ether oxygens (including phenoxy) is 2. The molecule has 0 aliphatic carbocycles. The third-order valence-corrected chi connectivity index (χ3v) is 6.59. The highest BCUT2D eigenvalue weighted by molar-refractivity contribution is 7.92. The molecule has 36 heavy (non-hydrogen) atoms. The molecule has 0 aliphatic heterocycles. The number of nitrogens with zero attached hydrogens (tertiary/aromatic N) is 2. The number of hydrogen-bond donors (Lipinski definition) is 1. The van der Waals surface area contributed by atoms with Crippen LogP contribution in [0.3, 0.4) is 0 Å². The van der Waals surface area contributed by atoms with E-state index in [-0.39, 0.29) is 18.1 Å². The topological polar surface area (TPSA) is 105 Å². The minimum atomic E-state index is -3.86. The molecule has 2 aromatic carbocycles. The highest BCUT2D eigenvalue weighted by atomic mass is 32.2. The number of sulfonamides is 1. The molecule has 198 valence electrons. The van der Waals surface area contributed by atoms with Crippen LogP contribution in [0.5, 0.6) is 11.5 Å². The molecule has 0 heterocycles. The van der Waals surface area contributed by atoms with Crippen LogP contribution < -0.4 is 19.1 Å². The highest BCUT2D eigenvalue weighted by Crippen LogP contribution is 2.31. The van der Waals surface area contributed by atoms with Gasteiger partial charge >= 0.3 is 0 Å². The third kappa shape index (κ3) is 7.87. The van der Waals surface area contributed by atoms with Gasteiger partial charge in [0.15, 0.2) is 0 Å². The van der Waals surface area contributed by atoms with Gasteiger partial charge in [-0.15, -0.1) is 0 Å². The summed E-state index contributed by atoms with van der Waals surface area (Å²) in [6.07, 6.45) is 1.03. The number of nitrogens with one attached hydrogen (secondary N) is 1. The van der Waals surface area contributed by atoms with Crippen LogP contribution in [-0.2, 0) is 26.2 Å². The standard InChI is InChI=1S/C26H37N3O6S/c1-18-9-14-23(35-7)22(15-18)29(36(8,32)33)17-24(30)28(19(2)25(31)27-26(3,4)5)16-20-10-12-21(34-6)13-11-20/h9-15,19H,16-17H2,1-8H3,(H,27,31). The van der Waals surface area contributed by atoms with Gasteiger partial charge in [-0.05, 0) is 70.0 Å². The number of rotatable bonds is 10. The Morgan fingerprint density at radius 2 is 1.64 bits per heavy atom. The second-order valence-electron chi connectivity index (χ2n) is 9.73. The first-order valence-electron chi connectivity index (χ1n) is 11.5. The number of aryl methyl sites for hydroxylation is 1. The van der Waals surface area contributed by atoms with Crippen LogP contribution in [0.4, 0.5) is 5.69 Å². The van der Waals surface area contributed by atoms with Crippen molar-refractivity contribution in [1.82, 2.24) is 10.2 Å². The van der Waals surface area contributed by atoms with E-state index in [0.717, 1.165) is 21.7 Å². The second kappa shape index (κ2) is 11.6. The van der Waals surface area contributed by atoms with Crippen molar-refractivity contribution < 1.29 is 27.5 Å². The Morgan fingerprint density at radius 3 is 2.14 bits per heavy atom. The monoisotopic (exact) mass is 519 g/mol. The normalized spacial score (nSPS) is 12.4. The molecular weight excluding hydrogens is 482 g/mol. The van der Waals surface area contributed by atoms with Crippen LogP contribution in [0, 0.1) is 6.92 Å². The van der Waals surface area contributed by atoms with Crippen LogP contribution in [-0.4, -0.2) is 63.7 Å².